The monoisotopic (exact) mass is 272 g/mol. The smallest absolute Gasteiger partial charge is 0.234 e. The number of thioether (sulfide) groups is 1. The average molecular weight is 272 g/mol. The fourth-order valence-electron chi connectivity index (χ4n) is 1.16. The van der Waals surface area contributed by atoms with E-state index in [-0.39, 0.29) is 22.6 Å². The average Bonchev–Trinajstić information content (AvgIpc) is 2.30. The van der Waals surface area contributed by atoms with E-state index in [9.17, 15) is 14.3 Å². The Hall–Kier alpha value is -1.27. The van der Waals surface area contributed by atoms with Gasteiger partial charge in [-0.1, -0.05) is 6.92 Å². The van der Waals surface area contributed by atoms with Gasteiger partial charge in [0.05, 0.1) is 17.5 Å². The number of amides is 1. The van der Waals surface area contributed by atoms with E-state index < -0.39 is 11.9 Å². The molecule has 4 nitrogen and oxygen atoms in total. The summed E-state index contributed by atoms with van der Waals surface area (Å²) in [6.45, 7) is 3.52. The predicted octanol–water partition coefficient (Wildman–Crippen LogP) is 1.85. The molecule has 0 heterocycles. The van der Waals surface area contributed by atoms with Gasteiger partial charge >= 0.3 is 0 Å². The van der Waals surface area contributed by atoms with Gasteiger partial charge in [-0.05, 0) is 25.1 Å². The number of benzene rings is 1. The van der Waals surface area contributed by atoms with Gasteiger partial charge in [0.25, 0.3) is 0 Å². The summed E-state index contributed by atoms with van der Waals surface area (Å²) in [6, 6.07) is 4.03. The van der Waals surface area contributed by atoms with Crippen molar-refractivity contribution in [3.8, 4) is 0 Å². The molecule has 0 spiro atoms. The van der Waals surface area contributed by atoms with Crippen molar-refractivity contribution in [3.63, 3.8) is 0 Å². The topological polar surface area (TPSA) is 75.3 Å². The van der Waals surface area contributed by atoms with Crippen molar-refractivity contribution in [1.82, 2.24) is 0 Å². The van der Waals surface area contributed by atoms with Gasteiger partial charge in [0.1, 0.15) is 5.82 Å². The fraction of sp³-hybridized carbons (Fsp3) is 0.417. The van der Waals surface area contributed by atoms with Crippen LogP contribution in [0.1, 0.15) is 13.8 Å². The summed E-state index contributed by atoms with van der Waals surface area (Å²) >= 11 is 1.35. The Bertz CT molecular complexity index is 427. The predicted molar refractivity (Wildman–Crippen MR) is 73.0 cm³/mol. The Labute approximate surface area is 110 Å². The van der Waals surface area contributed by atoms with Crippen molar-refractivity contribution < 1.29 is 14.3 Å². The molecule has 0 aliphatic carbocycles. The normalized spacial score (nSPS) is 14.0. The summed E-state index contributed by atoms with van der Waals surface area (Å²) in [7, 11) is 0. The van der Waals surface area contributed by atoms with Gasteiger partial charge in [-0.3, -0.25) is 4.79 Å². The highest BCUT2D eigenvalue weighted by Crippen LogP contribution is 2.18. The van der Waals surface area contributed by atoms with Gasteiger partial charge in [0.15, 0.2) is 0 Å². The van der Waals surface area contributed by atoms with Crippen LogP contribution in [0.15, 0.2) is 18.2 Å². The lowest BCUT2D eigenvalue weighted by Gasteiger charge is -2.13. The molecule has 0 saturated carbocycles. The Morgan fingerprint density at radius 2 is 2.22 bits per heavy atom. The first-order chi connectivity index (χ1) is 8.40. The van der Waals surface area contributed by atoms with Crippen LogP contribution in [0.5, 0.6) is 0 Å². The van der Waals surface area contributed by atoms with E-state index >= 15 is 0 Å². The van der Waals surface area contributed by atoms with Crippen LogP contribution in [0, 0.1) is 5.82 Å². The lowest BCUT2D eigenvalue weighted by atomic mass is 10.2. The van der Waals surface area contributed by atoms with E-state index in [2.05, 4.69) is 5.32 Å². The Morgan fingerprint density at radius 3 is 2.78 bits per heavy atom. The van der Waals surface area contributed by atoms with Crippen molar-refractivity contribution in [3.05, 3.63) is 24.0 Å². The number of hydrogen-bond acceptors (Lipinski definition) is 4. The lowest BCUT2D eigenvalue weighted by molar-refractivity contribution is -0.113. The second kappa shape index (κ2) is 6.61. The van der Waals surface area contributed by atoms with E-state index in [1.165, 1.54) is 30.0 Å². The molecule has 4 N–H and O–H groups in total. The number of aliphatic hydroxyl groups excluding tert-OH is 1. The number of nitrogens with one attached hydrogen (secondary N) is 1. The lowest BCUT2D eigenvalue weighted by Crippen LogP contribution is -2.20. The molecule has 6 heteroatoms. The standard InChI is InChI=1S/C12H17FN2O2S/c1-7(16)8(2)18-6-12(17)15-9-3-4-10(13)11(14)5-9/h3-5,7-8,16H,6,14H2,1-2H3,(H,15,17). The molecule has 0 aliphatic heterocycles. The number of aliphatic hydroxyl groups is 1. The largest absolute Gasteiger partial charge is 0.396 e. The van der Waals surface area contributed by atoms with E-state index in [0.717, 1.165) is 0 Å². The van der Waals surface area contributed by atoms with Crippen LogP contribution in [0.3, 0.4) is 0 Å². The molecule has 0 saturated heterocycles. The summed E-state index contributed by atoms with van der Waals surface area (Å²) in [4.78, 5) is 11.6. The van der Waals surface area contributed by atoms with Gasteiger partial charge in [-0.25, -0.2) is 4.39 Å². The summed E-state index contributed by atoms with van der Waals surface area (Å²) in [6.07, 6.45) is -0.468. The third-order valence-electron chi connectivity index (χ3n) is 2.44. The molecule has 1 amide bonds. The highest BCUT2D eigenvalue weighted by molar-refractivity contribution is 8.00. The summed E-state index contributed by atoms with van der Waals surface area (Å²) < 4.78 is 12.9. The van der Waals surface area contributed by atoms with Crippen LogP contribution in [0.2, 0.25) is 0 Å². The zero-order valence-electron chi connectivity index (χ0n) is 10.3. The molecule has 0 aromatic heterocycles. The van der Waals surface area contributed by atoms with Gasteiger partial charge in [-0.15, -0.1) is 11.8 Å². The molecule has 0 radical (unpaired) electrons. The van der Waals surface area contributed by atoms with Crippen molar-refractivity contribution in [1.29, 1.82) is 0 Å². The Morgan fingerprint density at radius 1 is 1.56 bits per heavy atom. The summed E-state index contributed by atoms with van der Waals surface area (Å²) in [5, 5.41) is 11.9. The second-order valence-corrected chi connectivity index (χ2v) is 5.41. The summed E-state index contributed by atoms with van der Waals surface area (Å²) in [5.74, 6) is -0.493. The molecule has 1 aromatic rings. The number of hydrogen-bond donors (Lipinski definition) is 3. The summed E-state index contributed by atoms with van der Waals surface area (Å²) in [5.41, 5.74) is 5.85. The third kappa shape index (κ3) is 4.54. The van der Waals surface area contributed by atoms with Crippen molar-refractivity contribution in [2.75, 3.05) is 16.8 Å². The highest BCUT2D eigenvalue weighted by atomic mass is 32.2. The third-order valence-corrected chi connectivity index (χ3v) is 3.78. The minimum Gasteiger partial charge on any atom is -0.396 e. The molecule has 2 atom stereocenters. The Balaban J connectivity index is 2.47. The molecular weight excluding hydrogens is 255 g/mol. The van der Waals surface area contributed by atoms with E-state index in [1.54, 1.807) is 6.92 Å². The van der Waals surface area contributed by atoms with Crippen LogP contribution < -0.4 is 11.1 Å². The number of anilines is 2. The molecule has 18 heavy (non-hydrogen) atoms. The quantitative estimate of drug-likeness (QED) is 0.715. The first-order valence-electron chi connectivity index (χ1n) is 5.54. The SMILES string of the molecule is CC(O)C(C)SCC(=O)Nc1ccc(F)c(N)c1. The first kappa shape index (κ1) is 14.8. The molecule has 0 bridgehead atoms. The van der Waals surface area contributed by atoms with Crippen LogP contribution in [0.25, 0.3) is 0 Å². The van der Waals surface area contributed by atoms with Crippen molar-refractivity contribution >= 4 is 29.0 Å². The first-order valence-corrected chi connectivity index (χ1v) is 6.59. The second-order valence-electron chi connectivity index (χ2n) is 4.04. The number of carbonyl (C=O) groups is 1. The number of halogens is 1. The van der Waals surface area contributed by atoms with Gasteiger partial charge < -0.3 is 16.2 Å². The van der Waals surface area contributed by atoms with E-state index in [4.69, 9.17) is 5.73 Å². The zero-order chi connectivity index (χ0) is 13.7. The van der Waals surface area contributed by atoms with Crippen LogP contribution in [-0.4, -0.2) is 28.1 Å². The molecule has 100 valence electrons. The van der Waals surface area contributed by atoms with Crippen LogP contribution in [-0.2, 0) is 4.79 Å². The molecular formula is C12H17FN2O2S. The van der Waals surface area contributed by atoms with Crippen molar-refractivity contribution in [2.24, 2.45) is 0 Å². The van der Waals surface area contributed by atoms with Crippen molar-refractivity contribution in [2.45, 2.75) is 25.2 Å². The molecule has 1 aromatic carbocycles. The maximum Gasteiger partial charge on any atom is 0.234 e. The van der Waals surface area contributed by atoms with Gasteiger partial charge in [0, 0.05) is 10.9 Å². The number of carbonyl (C=O) groups excluding carboxylic acids is 1. The number of rotatable bonds is 5. The fourth-order valence-corrected chi connectivity index (χ4v) is 1.93. The van der Waals surface area contributed by atoms with Gasteiger partial charge in [0.2, 0.25) is 5.91 Å². The molecule has 0 fully saturated rings. The number of nitrogens with two attached hydrogens (primary N) is 1. The number of nitrogen functional groups attached to an aromatic ring is 1. The van der Waals surface area contributed by atoms with E-state index in [1.807, 2.05) is 6.92 Å². The van der Waals surface area contributed by atoms with E-state index in [0.29, 0.717) is 5.69 Å². The van der Waals surface area contributed by atoms with Crippen LogP contribution >= 0.6 is 11.8 Å². The maximum atomic E-state index is 12.9. The zero-order valence-corrected chi connectivity index (χ0v) is 11.1. The molecule has 1 rings (SSSR count). The molecule has 0 aliphatic rings. The minimum atomic E-state index is -0.509. The maximum absolute atomic E-state index is 12.9. The molecule has 2 unspecified atom stereocenters. The van der Waals surface area contributed by atoms with Gasteiger partial charge in [-0.2, -0.15) is 0 Å². The van der Waals surface area contributed by atoms with Crippen LogP contribution in [0.4, 0.5) is 15.8 Å². The minimum absolute atomic E-state index is 0.00204. The highest BCUT2D eigenvalue weighted by Gasteiger charge is 2.12. The Kier molecular flexibility index (Phi) is 5.43.